The molecule has 0 radical (unpaired) electrons. The molecule has 0 spiro atoms. The van der Waals surface area contributed by atoms with Crippen LogP contribution in [0.15, 0.2) is 52.8 Å². The third kappa shape index (κ3) is 2.70. The predicted octanol–water partition coefficient (Wildman–Crippen LogP) is 2.52. The molecule has 2 amide bonds. The number of aliphatic hydroxyl groups excluding tert-OH is 1. The summed E-state index contributed by atoms with van der Waals surface area (Å²) in [4.78, 5) is 25.6. The zero-order valence-electron chi connectivity index (χ0n) is 12.5. The van der Waals surface area contributed by atoms with E-state index in [1.165, 1.54) is 6.26 Å². The van der Waals surface area contributed by atoms with E-state index in [9.17, 15) is 14.7 Å². The van der Waals surface area contributed by atoms with Crippen molar-refractivity contribution in [3.8, 4) is 5.75 Å². The number of hydrogen-bond donors (Lipinski definition) is 1. The lowest BCUT2D eigenvalue weighted by Crippen LogP contribution is -2.30. The molecule has 0 aliphatic carbocycles. The van der Waals surface area contributed by atoms with Gasteiger partial charge >= 0.3 is 0 Å². The molecule has 0 unspecified atom stereocenters. The number of ether oxygens (including phenoxy) is 1. The van der Waals surface area contributed by atoms with Gasteiger partial charge < -0.3 is 14.3 Å². The van der Waals surface area contributed by atoms with E-state index >= 15 is 0 Å². The SMILES string of the molecule is CCOc1ccc(C2=C(O)C(=O)N(Cc3ccco3)C2=O)cc1. The van der Waals surface area contributed by atoms with Gasteiger partial charge in [-0.2, -0.15) is 0 Å². The number of imide groups is 1. The second-order valence-corrected chi connectivity index (χ2v) is 4.96. The van der Waals surface area contributed by atoms with Crippen LogP contribution in [0.2, 0.25) is 0 Å². The molecular weight excluding hydrogens is 298 g/mol. The summed E-state index contributed by atoms with van der Waals surface area (Å²) in [6.07, 6.45) is 1.46. The van der Waals surface area contributed by atoms with Crippen LogP contribution in [0.5, 0.6) is 5.75 Å². The van der Waals surface area contributed by atoms with Crippen molar-refractivity contribution in [2.24, 2.45) is 0 Å². The molecule has 0 atom stereocenters. The minimum atomic E-state index is -0.727. The van der Waals surface area contributed by atoms with Crippen LogP contribution in [0.4, 0.5) is 0 Å². The molecule has 1 N–H and O–H groups in total. The zero-order chi connectivity index (χ0) is 16.4. The van der Waals surface area contributed by atoms with Crippen molar-refractivity contribution in [3.05, 3.63) is 59.7 Å². The van der Waals surface area contributed by atoms with E-state index in [1.807, 2.05) is 6.92 Å². The number of benzene rings is 1. The molecule has 2 aromatic rings. The van der Waals surface area contributed by atoms with E-state index in [0.29, 0.717) is 23.7 Å². The van der Waals surface area contributed by atoms with Crippen molar-refractivity contribution in [1.82, 2.24) is 4.90 Å². The summed E-state index contributed by atoms with van der Waals surface area (Å²) in [6, 6.07) is 9.97. The maximum atomic E-state index is 12.5. The second-order valence-electron chi connectivity index (χ2n) is 4.96. The van der Waals surface area contributed by atoms with E-state index in [0.717, 1.165) is 4.90 Å². The Morgan fingerprint density at radius 1 is 1.13 bits per heavy atom. The van der Waals surface area contributed by atoms with Gasteiger partial charge in [0.15, 0.2) is 5.76 Å². The minimum Gasteiger partial charge on any atom is -0.502 e. The number of carbonyl (C=O) groups excluding carboxylic acids is 2. The fourth-order valence-corrected chi connectivity index (χ4v) is 2.41. The topological polar surface area (TPSA) is 80.0 Å². The first-order valence-electron chi connectivity index (χ1n) is 7.17. The summed E-state index contributed by atoms with van der Waals surface area (Å²) in [7, 11) is 0. The Kier molecular flexibility index (Phi) is 3.89. The van der Waals surface area contributed by atoms with Gasteiger partial charge in [0.1, 0.15) is 11.5 Å². The smallest absolute Gasteiger partial charge is 0.296 e. The molecule has 1 aromatic carbocycles. The van der Waals surface area contributed by atoms with Gasteiger partial charge in [-0.15, -0.1) is 0 Å². The normalized spacial score (nSPS) is 14.7. The van der Waals surface area contributed by atoms with Gasteiger partial charge in [0, 0.05) is 0 Å². The van der Waals surface area contributed by atoms with Crippen LogP contribution in [0.1, 0.15) is 18.2 Å². The third-order valence-corrected chi connectivity index (χ3v) is 3.49. The second kappa shape index (κ2) is 6.00. The van der Waals surface area contributed by atoms with Crippen molar-refractivity contribution >= 4 is 17.4 Å². The van der Waals surface area contributed by atoms with E-state index in [1.54, 1.807) is 36.4 Å². The minimum absolute atomic E-state index is 0.00963. The summed E-state index contributed by atoms with van der Waals surface area (Å²) in [5, 5.41) is 10.1. The maximum absolute atomic E-state index is 12.5. The number of rotatable bonds is 5. The zero-order valence-corrected chi connectivity index (χ0v) is 12.5. The lowest BCUT2D eigenvalue weighted by Gasteiger charge is -2.12. The molecule has 0 saturated heterocycles. The first-order valence-corrected chi connectivity index (χ1v) is 7.17. The number of aliphatic hydroxyl groups is 1. The lowest BCUT2D eigenvalue weighted by atomic mass is 10.1. The molecule has 2 heterocycles. The lowest BCUT2D eigenvalue weighted by molar-refractivity contribution is -0.139. The standard InChI is InChI=1S/C17H15NO5/c1-2-22-12-7-5-11(6-8-12)14-15(19)17(21)18(16(14)20)10-13-4-3-9-23-13/h3-9,19H,2,10H2,1H3. The van der Waals surface area contributed by atoms with Gasteiger partial charge in [-0.3, -0.25) is 14.5 Å². The molecule has 1 aliphatic heterocycles. The highest BCUT2D eigenvalue weighted by Gasteiger charge is 2.39. The molecule has 0 fully saturated rings. The van der Waals surface area contributed by atoms with Crippen molar-refractivity contribution in [2.75, 3.05) is 6.61 Å². The first kappa shape index (κ1) is 14.9. The van der Waals surface area contributed by atoms with Crippen molar-refractivity contribution < 1.29 is 23.8 Å². The van der Waals surface area contributed by atoms with E-state index in [4.69, 9.17) is 9.15 Å². The number of hydrogen-bond acceptors (Lipinski definition) is 5. The monoisotopic (exact) mass is 313 g/mol. The Hall–Kier alpha value is -3.02. The summed E-state index contributed by atoms with van der Waals surface area (Å²) >= 11 is 0. The number of amides is 2. The molecule has 1 aromatic heterocycles. The van der Waals surface area contributed by atoms with Crippen LogP contribution in [-0.2, 0) is 16.1 Å². The molecule has 1 aliphatic rings. The molecule has 23 heavy (non-hydrogen) atoms. The van der Waals surface area contributed by atoms with E-state index < -0.39 is 17.6 Å². The van der Waals surface area contributed by atoms with Crippen molar-refractivity contribution in [1.29, 1.82) is 0 Å². The Balaban J connectivity index is 1.87. The largest absolute Gasteiger partial charge is 0.502 e. The van der Waals surface area contributed by atoms with Crippen molar-refractivity contribution in [3.63, 3.8) is 0 Å². The Morgan fingerprint density at radius 3 is 2.48 bits per heavy atom. The molecule has 6 heteroatoms. The van der Waals surface area contributed by atoms with Crippen LogP contribution in [-0.4, -0.2) is 28.4 Å². The number of furan rings is 1. The summed E-state index contributed by atoms with van der Waals surface area (Å²) in [5.41, 5.74) is 0.454. The summed E-state index contributed by atoms with van der Waals surface area (Å²) in [5.74, 6) is -0.706. The van der Waals surface area contributed by atoms with Crippen LogP contribution in [0.25, 0.3) is 5.57 Å². The van der Waals surface area contributed by atoms with E-state index in [-0.39, 0.29) is 12.1 Å². The predicted molar refractivity (Wildman–Crippen MR) is 81.4 cm³/mol. The summed E-state index contributed by atoms with van der Waals surface area (Å²) in [6.45, 7) is 2.38. The summed E-state index contributed by atoms with van der Waals surface area (Å²) < 4.78 is 10.5. The third-order valence-electron chi connectivity index (χ3n) is 3.49. The quantitative estimate of drug-likeness (QED) is 0.858. The van der Waals surface area contributed by atoms with E-state index in [2.05, 4.69) is 0 Å². The highest BCUT2D eigenvalue weighted by atomic mass is 16.5. The first-order chi connectivity index (χ1) is 11.1. The fraction of sp³-hybridized carbons (Fsp3) is 0.176. The number of carbonyl (C=O) groups is 2. The van der Waals surface area contributed by atoms with Gasteiger partial charge in [0.2, 0.25) is 0 Å². The fourth-order valence-electron chi connectivity index (χ4n) is 2.41. The average Bonchev–Trinajstić information content (AvgIpc) is 3.13. The Morgan fingerprint density at radius 2 is 1.87 bits per heavy atom. The molecule has 118 valence electrons. The molecule has 0 bridgehead atoms. The Labute approximate surface area is 132 Å². The van der Waals surface area contributed by atoms with Crippen molar-refractivity contribution in [2.45, 2.75) is 13.5 Å². The molecular formula is C17H15NO5. The van der Waals surface area contributed by atoms with Gasteiger partial charge in [-0.25, -0.2) is 0 Å². The molecule has 6 nitrogen and oxygen atoms in total. The Bertz CT molecular complexity index is 759. The average molecular weight is 313 g/mol. The van der Waals surface area contributed by atoms with Gasteiger partial charge in [-0.1, -0.05) is 12.1 Å². The van der Waals surface area contributed by atoms with Gasteiger partial charge in [0.25, 0.3) is 11.8 Å². The highest BCUT2D eigenvalue weighted by molar-refractivity contribution is 6.34. The van der Waals surface area contributed by atoms with Crippen LogP contribution >= 0.6 is 0 Å². The molecule has 3 rings (SSSR count). The van der Waals surface area contributed by atoms with Gasteiger partial charge in [-0.05, 0) is 36.8 Å². The van der Waals surface area contributed by atoms with Gasteiger partial charge in [0.05, 0.1) is 25.0 Å². The van der Waals surface area contributed by atoms with Crippen LogP contribution in [0, 0.1) is 0 Å². The van der Waals surface area contributed by atoms with Crippen LogP contribution < -0.4 is 4.74 Å². The number of nitrogens with zero attached hydrogens (tertiary/aromatic N) is 1. The molecule has 0 saturated carbocycles. The van der Waals surface area contributed by atoms with Crippen LogP contribution in [0.3, 0.4) is 0 Å². The maximum Gasteiger partial charge on any atom is 0.296 e. The highest BCUT2D eigenvalue weighted by Crippen LogP contribution is 2.30.